The number of carbonyl (C=O) groups is 2. The molecular formula is C44H78O14P2. The molecule has 4 atom stereocenters. The van der Waals surface area contributed by atoms with E-state index in [9.17, 15) is 33.8 Å². The van der Waals surface area contributed by atoms with Crippen molar-refractivity contribution >= 4 is 27.6 Å². The quantitative estimate of drug-likeness (QED) is 0.0127. The summed E-state index contributed by atoms with van der Waals surface area (Å²) in [6.07, 6.45) is 38.1. The summed E-state index contributed by atoms with van der Waals surface area (Å²) in [6, 6.07) is 0. The molecule has 0 aliphatic heterocycles. The highest BCUT2D eigenvalue weighted by atomic mass is 31.2. The van der Waals surface area contributed by atoms with E-state index in [4.69, 9.17) is 23.8 Å². The number of carbonyl (C=O) groups excluding carboxylic acids is 2. The Morgan fingerprint density at radius 1 is 0.550 bits per heavy atom. The molecular weight excluding hydrogens is 814 g/mol. The van der Waals surface area contributed by atoms with E-state index in [0.29, 0.717) is 25.7 Å². The third-order valence-corrected chi connectivity index (χ3v) is 10.4. The largest absolute Gasteiger partial charge is 0.472 e. The average Bonchev–Trinajstić information content (AvgIpc) is 3.20. The summed E-state index contributed by atoms with van der Waals surface area (Å²) in [7, 11) is -9.72. The van der Waals surface area contributed by atoms with Crippen LogP contribution in [-0.4, -0.2) is 81.6 Å². The van der Waals surface area contributed by atoms with Crippen molar-refractivity contribution in [1.82, 2.24) is 0 Å². The number of allylic oxidation sites excluding steroid dienone is 8. The van der Waals surface area contributed by atoms with Crippen molar-refractivity contribution < 1.29 is 66.7 Å². The van der Waals surface area contributed by atoms with Crippen LogP contribution in [0.2, 0.25) is 0 Å². The van der Waals surface area contributed by atoms with Crippen LogP contribution in [0.5, 0.6) is 0 Å². The van der Waals surface area contributed by atoms with Crippen LogP contribution in [0.15, 0.2) is 60.8 Å². The SMILES string of the molecule is CCCCC/C=C\C/C=C\CC(O)/C=C\C=C\CCCC(=O)OC[C@H](COP(=O)(O)OC[C@@H](O)COP(=O)(O)O)OC(=O)CCCCCCC/C=C\CCCCCCCC. The maximum atomic E-state index is 12.7. The van der Waals surface area contributed by atoms with Crippen molar-refractivity contribution in [2.45, 2.75) is 180 Å². The molecule has 0 radical (unpaired) electrons. The van der Waals surface area contributed by atoms with Crippen LogP contribution < -0.4 is 0 Å². The first-order valence-corrected chi connectivity index (χ1v) is 25.1. The number of aliphatic hydroxyl groups excluding tert-OH is 2. The fourth-order valence-electron chi connectivity index (χ4n) is 5.53. The Morgan fingerprint density at radius 2 is 1.07 bits per heavy atom. The number of phosphoric acid groups is 2. The molecule has 0 aliphatic rings. The third kappa shape index (κ3) is 42.5. The van der Waals surface area contributed by atoms with E-state index in [1.807, 2.05) is 18.2 Å². The number of phosphoric ester groups is 2. The van der Waals surface area contributed by atoms with Gasteiger partial charge < -0.3 is 34.4 Å². The lowest BCUT2D eigenvalue weighted by atomic mass is 10.1. The second kappa shape index (κ2) is 39.6. The van der Waals surface area contributed by atoms with E-state index >= 15 is 0 Å². The Hall–Kier alpha value is -2.22. The van der Waals surface area contributed by atoms with Gasteiger partial charge >= 0.3 is 27.6 Å². The maximum Gasteiger partial charge on any atom is 0.472 e. The number of rotatable bonds is 41. The Balaban J connectivity index is 4.70. The summed E-state index contributed by atoms with van der Waals surface area (Å²) >= 11 is 0. The summed E-state index contributed by atoms with van der Waals surface area (Å²) in [5.74, 6) is -1.17. The lowest BCUT2D eigenvalue weighted by molar-refractivity contribution is -0.161. The molecule has 0 spiro atoms. The second-order valence-corrected chi connectivity index (χ2v) is 17.5. The minimum absolute atomic E-state index is 0.0567. The van der Waals surface area contributed by atoms with Crippen LogP contribution in [-0.2, 0) is 41.8 Å². The highest BCUT2D eigenvalue weighted by molar-refractivity contribution is 7.47. The van der Waals surface area contributed by atoms with E-state index in [1.54, 1.807) is 18.2 Å². The molecule has 0 heterocycles. The topological polar surface area (TPSA) is 216 Å². The summed E-state index contributed by atoms with van der Waals surface area (Å²) in [4.78, 5) is 52.7. The number of ether oxygens (including phenoxy) is 2. The summed E-state index contributed by atoms with van der Waals surface area (Å²) < 4.78 is 47.6. The van der Waals surface area contributed by atoms with Crippen LogP contribution in [0.3, 0.4) is 0 Å². The molecule has 0 aromatic carbocycles. The van der Waals surface area contributed by atoms with Gasteiger partial charge in [-0.15, -0.1) is 0 Å². The monoisotopic (exact) mass is 892 g/mol. The Bertz CT molecular complexity index is 1310. The minimum atomic E-state index is -4.88. The zero-order chi connectivity index (χ0) is 44.6. The lowest BCUT2D eigenvalue weighted by Crippen LogP contribution is -2.30. The van der Waals surface area contributed by atoms with E-state index in [0.717, 1.165) is 51.4 Å². The van der Waals surface area contributed by atoms with E-state index < -0.39 is 72.3 Å². The van der Waals surface area contributed by atoms with E-state index in [-0.39, 0.29) is 12.8 Å². The molecule has 348 valence electrons. The fourth-order valence-corrected chi connectivity index (χ4v) is 6.69. The highest BCUT2D eigenvalue weighted by Crippen LogP contribution is 2.43. The zero-order valence-corrected chi connectivity index (χ0v) is 38.2. The van der Waals surface area contributed by atoms with Crippen molar-refractivity contribution in [3.05, 3.63) is 60.8 Å². The molecule has 0 rings (SSSR count). The molecule has 60 heavy (non-hydrogen) atoms. The minimum Gasteiger partial charge on any atom is -0.462 e. The molecule has 0 saturated heterocycles. The molecule has 0 saturated carbocycles. The molecule has 0 aromatic heterocycles. The first-order chi connectivity index (χ1) is 28.8. The van der Waals surface area contributed by atoms with Gasteiger partial charge in [-0.05, 0) is 70.6 Å². The number of esters is 2. The van der Waals surface area contributed by atoms with Crippen LogP contribution >= 0.6 is 15.6 Å². The molecule has 0 amide bonds. The first-order valence-electron chi connectivity index (χ1n) is 22.1. The van der Waals surface area contributed by atoms with Gasteiger partial charge in [0.05, 0.1) is 25.9 Å². The van der Waals surface area contributed by atoms with Crippen LogP contribution in [0.1, 0.15) is 162 Å². The van der Waals surface area contributed by atoms with Gasteiger partial charge in [0, 0.05) is 12.8 Å². The van der Waals surface area contributed by atoms with Gasteiger partial charge in [-0.1, -0.05) is 139 Å². The van der Waals surface area contributed by atoms with Crippen LogP contribution in [0.25, 0.3) is 0 Å². The van der Waals surface area contributed by atoms with Gasteiger partial charge in [-0.2, -0.15) is 0 Å². The smallest absolute Gasteiger partial charge is 0.462 e. The standard InChI is InChI=1S/C44H78O14P2/c1-3-5-7-9-11-13-14-15-16-17-18-20-22-26-31-35-44(48)58-42(39-57-60(52,53)56-37-41(46)36-55-59(49,50)51)38-54-43(47)34-30-27-23-25-29-33-40(45)32-28-24-21-19-12-10-8-6-4-2/h12,15-16,19,23-25,28-29,33,40-42,45-46H,3-11,13-14,17-18,20-22,26-27,30-32,34-39H2,1-2H3,(H,52,53)(H2,49,50,51)/b16-15-,19-12-,25-23+,28-24-,33-29-/t40?,41-,42+/m0/s1. The van der Waals surface area contributed by atoms with E-state index in [2.05, 4.69) is 47.2 Å². The summed E-state index contributed by atoms with van der Waals surface area (Å²) in [5, 5.41) is 19.9. The van der Waals surface area contributed by atoms with Crippen molar-refractivity contribution in [3.63, 3.8) is 0 Å². The lowest BCUT2D eigenvalue weighted by Gasteiger charge is -2.20. The van der Waals surface area contributed by atoms with Crippen LogP contribution in [0, 0.1) is 0 Å². The molecule has 0 aromatic rings. The fraction of sp³-hybridized carbons (Fsp3) is 0.727. The van der Waals surface area contributed by atoms with Gasteiger partial charge in [0.15, 0.2) is 6.10 Å². The number of aliphatic hydroxyl groups is 2. The molecule has 0 bridgehead atoms. The normalized spacial score (nSPS) is 15.1. The molecule has 0 aliphatic carbocycles. The number of hydrogen-bond donors (Lipinski definition) is 5. The van der Waals surface area contributed by atoms with Crippen molar-refractivity contribution in [2.24, 2.45) is 0 Å². The summed E-state index contributed by atoms with van der Waals surface area (Å²) in [5.41, 5.74) is 0. The predicted molar refractivity (Wildman–Crippen MR) is 236 cm³/mol. The van der Waals surface area contributed by atoms with Gasteiger partial charge in [0.1, 0.15) is 12.7 Å². The molecule has 16 heteroatoms. The third-order valence-electron chi connectivity index (χ3n) is 8.95. The highest BCUT2D eigenvalue weighted by Gasteiger charge is 2.28. The van der Waals surface area contributed by atoms with Gasteiger partial charge in [-0.3, -0.25) is 23.2 Å². The van der Waals surface area contributed by atoms with Gasteiger partial charge in [0.25, 0.3) is 0 Å². The maximum absolute atomic E-state index is 12.7. The average molecular weight is 893 g/mol. The first kappa shape index (κ1) is 57.8. The predicted octanol–water partition coefficient (Wildman–Crippen LogP) is 10.2. The molecule has 14 nitrogen and oxygen atoms in total. The Labute approximate surface area is 360 Å². The van der Waals surface area contributed by atoms with Gasteiger partial charge in [0.2, 0.25) is 0 Å². The number of unbranched alkanes of at least 4 members (excludes halogenated alkanes) is 15. The molecule has 2 unspecified atom stereocenters. The summed E-state index contributed by atoms with van der Waals surface area (Å²) in [6.45, 7) is 1.55. The zero-order valence-electron chi connectivity index (χ0n) is 36.4. The van der Waals surface area contributed by atoms with Crippen molar-refractivity contribution in [2.75, 3.05) is 26.4 Å². The van der Waals surface area contributed by atoms with Crippen LogP contribution in [0.4, 0.5) is 0 Å². The molecule has 5 N–H and O–H groups in total. The van der Waals surface area contributed by atoms with Crippen molar-refractivity contribution in [1.29, 1.82) is 0 Å². The van der Waals surface area contributed by atoms with Crippen molar-refractivity contribution in [3.8, 4) is 0 Å². The second-order valence-electron chi connectivity index (χ2n) is 14.8. The number of hydrogen-bond acceptors (Lipinski definition) is 11. The molecule has 0 fully saturated rings. The van der Waals surface area contributed by atoms with Gasteiger partial charge in [-0.25, -0.2) is 9.13 Å². The Kier molecular flexibility index (Phi) is 38.1. The van der Waals surface area contributed by atoms with E-state index in [1.165, 1.54) is 57.8 Å². The Morgan fingerprint density at radius 3 is 1.73 bits per heavy atom.